The van der Waals surface area contributed by atoms with Crippen LogP contribution in [-0.4, -0.2) is 38.9 Å². The average molecular weight is 442 g/mol. The minimum Gasteiger partial charge on any atom is -0.282 e. The Morgan fingerprint density at radius 3 is 1.89 bits per heavy atom. The highest BCUT2D eigenvalue weighted by molar-refractivity contribution is 7.89. The molecule has 1 aliphatic rings. The van der Waals surface area contributed by atoms with E-state index in [0.717, 1.165) is 18.2 Å². The Kier molecular flexibility index (Phi) is 3.79. The zero-order valence-electron chi connectivity index (χ0n) is 13.6. The van der Waals surface area contributed by atoms with E-state index in [9.17, 15) is 38.9 Å². The molecule has 9 nitrogen and oxygen atoms in total. The Morgan fingerprint density at radius 2 is 1.32 bits per heavy atom. The molecule has 12 heteroatoms. The van der Waals surface area contributed by atoms with Gasteiger partial charge in [0.05, 0.1) is 4.90 Å². The van der Waals surface area contributed by atoms with Gasteiger partial charge in [-0.3, -0.25) is 13.7 Å². The maximum Gasteiger partial charge on any atom is 0.296 e. The fourth-order valence-corrected chi connectivity index (χ4v) is 6.00. The number of hydrogen-bond acceptors (Lipinski definition) is 6. The van der Waals surface area contributed by atoms with Crippen molar-refractivity contribution in [3.63, 3.8) is 0 Å². The third kappa shape index (κ3) is 2.73. The highest BCUT2D eigenvalue weighted by Crippen LogP contribution is 2.51. The molecule has 3 aromatic carbocycles. The smallest absolute Gasteiger partial charge is 0.282 e. The SMILES string of the molecule is O=S(=O)(O)c1ccc2c(c1)-c1cccc3cc(S(=O)(=O)O)c(S(=O)(=O)O)c-2c13. The van der Waals surface area contributed by atoms with Crippen molar-refractivity contribution >= 4 is 41.1 Å². The maximum atomic E-state index is 12.0. The summed E-state index contributed by atoms with van der Waals surface area (Å²) in [5.41, 5.74) is 0.532. The lowest BCUT2D eigenvalue weighted by molar-refractivity contribution is 0.467. The van der Waals surface area contributed by atoms with Gasteiger partial charge in [0.1, 0.15) is 9.79 Å². The number of benzene rings is 3. The second kappa shape index (κ2) is 5.59. The first-order valence-corrected chi connectivity index (χ1v) is 11.8. The van der Waals surface area contributed by atoms with Gasteiger partial charge >= 0.3 is 0 Å². The molecule has 0 amide bonds. The van der Waals surface area contributed by atoms with E-state index in [0.29, 0.717) is 5.56 Å². The maximum absolute atomic E-state index is 12.0. The highest BCUT2D eigenvalue weighted by Gasteiger charge is 2.35. The van der Waals surface area contributed by atoms with Gasteiger partial charge in [-0.2, -0.15) is 25.3 Å². The van der Waals surface area contributed by atoms with Gasteiger partial charge in [0.25, 0.3) is 30.4 Å². The van der Waals surface area contributed by atoms with Gasteiger partial charge in [0.2, 0.25) is 0 Å². The lowest BCUT2D eigenvalue weighted by Crippen LogP contribution is -2.10. The van der Waals surface area contributed by atoms with Crippen molar-refractivity contribution in [2.24, 2.45) is 0 Å². The Labute approximate surface area is 159 Å². The van der Waals surface area contributed by atoms with Crippen LogP contribution in [0.15, 0.2) is 57.2 Å². The Morgan fingerprint density at radius 1 is 0.643 bits per heavy atom. The molecule has 0 radical (unpaired) electrons. The molecular weight excluding hydrogens is 432 g/mol. The van der Waals surface area contributed by atoms with E-state index >= 15 is 0 Å². The number of fused-ring (bicyclic) bond motifs is 3. The van der Waals surface area contributed by atoms with Crippen LogP contribution in [0.3, 0.4) is 0 Å². The zero-order valence-corrected chi connectivity index (χ0v) is 16.0. The van der Waals surface area contributed by atoms with Crippen LogP contribution < -0.4 is 0 Å². The summed E-state index contributed by atoms with van der Waals surface area (Å²) in [6.45, 7) is 0. The quantitative estimate of drug-likeness (QED) is 0.404. The van der Waals surface area contributed by atoms with Crippen molar-refractivity contribution in [1.29, 1.82) is 0 Å². The molecule has 0 saturated carbocycles. The van der Waals surface area contributed by atoms with Crippen LogP contribution in [0.4, 0.5) is 0 Å². The van der Waals surface area contributed by atoms with E-state index in [2.05, 4.69) is 0 Å². The first-order chi connectivity index (χ1) is 12.8. The minimum absolute atomic E-state index is 0.122. The first-order valence-electron chi connectivity index (χ1n) is 7.47. The van der Waals surface area contributed by atoms with E-state index in [1.54, 1.807) is 6.07 Å². The molecule has 3 N–H and O–H groups in total. The van der Waals surface area contributed by atoms with Crippen molar-refractivity contribution in [3.8, 4) is 22.3 Å². The summed E-state index contributed by atoms with van der Waals surface area (Å²) in [5.74, 6) is 0. The lowest BCUT2D eigenvalue weighted by Gasteiger charge is -2.12. The molecule has 0 fully saturated rings. The fourth-order valence-electron chi connectivity index (χ4n) is 3.47. The van der Waals surface area contributed by atoms with Gasteiger partial charge in [-0.05, 0) is 45.7 Å². The molecule has 0 aliphatic heterocycles. The Balaban J connectivity index is 2.29. The molecule has 0 bridgehead atoms. The van der Waals surface area contributed by atoms with E-state index < -0.39 is 45.0 Å². The van der Waals surface area contributed by atoms with Gasteiger partial charge in [0.15, 0.2) is 0 Å². The molecule has 0 heterocycles. The van der Waals surface area contributed by atoms with Gasteiger partial charge in [-0.15, -0.1) is 0 Å². The molecule has 0 aromatic heterocycles. The summed E-state index contributed by atoms with van der Waals surface area (Å²) >= 11 is 0. The summed E-state index contributed by atoms with van der Waals surface area (Å²) in [6, 6.07) is 8.77. The van der Waals surface area contributed by atoms with Gasteiger partial charge in [-0.1, -0.05) is 24.3 Å². The minimum atomic E-state index is -5.11. The van der Waals surface area contributed by atoms with E-state index in [4.69, 9.17) is 0 Å². The van der Waals surface area contributed by atoms with E-state index in [1.807, 2.05) is 0 Å². The molecule has 3 aromatic rings. The van der Waals surface area contributed by atoms with Gasteiger partial charge < -0.3 is 0 Å². The summed E-state index contributed by atoms with van der Waals surface area (Å²) in [7, 11) is -14.7. The second-order valence-electron chi connectivity index (χ2n) is 6.12. The summed E-state index contributed by atoms with van der Waals surface area (Å²) in [5, 5.41) is 0.502. The lowest BCUT2D eigenvalue weighted by atomic mass is 10.0. The van der Waals surface area contributed by atoms with Crippen molar-refractivity contribution < 1.29 is 38.9 Å². The Bertz CT molecular complexity index is 1520. The molecule has 0 saturated heterocycles. The van der Waals surface area contributed by atoms with E-state index in [1.165, 1.54) is 18.2 Å². The second-order valence-corrected chi connectivity index (χ2v) is 10.3. The van der Waals surface area contributed by atoms with Crippen LogP contribution >= 0.6 is 0 Å². The molecule has 0 unspecified atom stereocenters. The number of hydrogen-bond donors (Lipinski definition) is 3. The number of rotatable bonds is 3. The summed E-state index contributed by atoms with van der Waals surface area (Å²) < 4.78 is 99.1. The first kappa shape index (κ1) is 19.0. The molecule has 0 atom stereocenters. The fraction of sp³-hybridized carbons (Fsp3) is 0. The molecule has 146 valence electrons. The summed E-state index contributed by atoms with van der Waals surface area (Å²) in [4.78, 5) is -2.45. The monoisotopic (exact) mass is 442 g/mol. The van der Waals surface area contributed by atoms with Gasteiger partial charge in [0, 0.05) is 5.56 Å². The van der Waals surface area contributed by atoms with E-state index in [-0.39, 0.29) is 27.5 Å². The third-order valence-electron chi connectivity index (χ3n) is 4.47. The van der Waals surface area contributed by atoms with Crippen LogP contribution in [0.2, 0.25) is 0 Å². The van der Waals surface area contributed by atoms with Crippen molar-refractivity contribution in [2.75, 3.05) is 0 Å². The van der Waals surface area contributed by atoms with Crippen molar-refractivity contribution in [2.45, 2.75) is 14.7 Å². The summed E-state index contributed by atoms with van der Waals surface area (Å²) in [6.07, 6.45) is 0. The predicted molar refractivity (Wildman–Crippen MR) is 97.8 cm³/mol. The molecule has 0 spiro atoms. The predicted octanol–water partition coefficient (Wildman–Crippen LogP) is 2.23. The topological polar surface area (TPSA) is 163 Å². The average Bonchev–Trinajstić information content (AvgIpc) is 2.88. The van der Waals surface area contributed by atoms with Crippen LogP contribution in [0.1, 0.15) is 0 Å². The third-order valence-corrected chi connectivity index (χ3v) is 7.26. The van der Waals surface area contributed by atoms with Crippen LogP contribution in [0.25, 0.3) is 33.0 Å². The molecular formula is C16H10O9S3. The van der Waals surface area contributed by atoms with Gasteiger partial charge in [-0.25, -0.2) is 0 Å². The van der Waals surface area contributed by atoms with Crippen molar-refractivity contribution in [3.05, 3.63) is 42.5 Å². The standard InChI is InChI=1S/C16H10O9S3/c17-26(18,19)9-4-5-11-12(7-9)10-3-1-2-8-6-13(27(20,21)22)16(28(23,24)25)15(11)14(8)10/h1-7H,(H,17,18,19)(H,20,21,22)(H,23,24,25). The van der Waals surface area contributed by atoms with Crippen LogP contribution in [0, 0.1) is 0 Å². The molecule has 1 aliphatic carbocycles. The molecule has 4 rings (SSSR count). The highest BCUT2D eigenvalue weighted by atomic mass is 32.2. The molecule has 28 heavy (non-hydrogen) atoms. The largest absolute Gasteiger partial charge is 0.296 e. The van der Waals surface area contributed by atoms with Crippen molar-refractivity contribution in [1.82, 2.24) is 0 Å². The Hall–Kier alpha value is -2.35. The van der Waals surface area contributed by atoms with Crippen LogP contribution in [0.5, 0.6) is 0 Å². The zero-order chi connectivity index (χ0) is 20.6. The van der Waals surface area contributed by atoms with Crippen LogP contribution in [-0.2, 0) is 30.4 Å². The normalized spacial score (nSPS) is 13.7.